The van der Waals surface area contributed by atoms with E-state index in [0.29, 0.717) is 23.7 Å². The van der Waals surface area contributed by atoms with Crippen LogP contribution in [0, 0.1) is 19.8 Å². The second kappa shape index (κ2) is 6.28. The van der Waals surface area contributed by atoms with Crippen molar-refractivity contribution in [3.63, 3.8) is 0 Å². The summed E-state index contributed by atoms with van der Waals surface area (Å²) in [6.07, 6.45) is 3.99. The van der Waals surface area contributed by atoms with Crippen molar-refractivity contribution in [2.75, 3.05) is 6.54 Å². The first-order valence-corrected chi connectivity index (χ1v) is 8.24. The molecule has 6 nitrogen and oxygen atoms in total. The largest absolute Gasteiger partial charge is 0.391 e. The minimum atomic E-state index is -0.463. The highest BCUT2D eigenvalue weighted by Crippen LogP contribution is 2.27. The Morgan fingerprint density at radius 2 is 2.13 bits per heavy atom. The molecular weight excluding hydrogens is 292 g/mol. The predicted octanol–water partition coefficient (Wildman–Crippen LogP) is 1.87. The second-order valence-corrected chi connectivity index (χ2v) is 6.54. The van der Waals surface area contributed by atoms with Crippen LogP contribution in [0.1, 0.15) is 47.4 Å². The summed E-state index contributed by atoms with van der Waals surface area (Å²) in [5, 5.41) is 18.2. The summed E-state index contributed by atoms with van der Waals surface area (Å²) in [6.45, 7) is 4.04. The monoisotopic (exact) mass is 316 g/mol. The van der Waals surface area contributed by atoms with E-state index in [1.54, 1.807) is 10.7 Å². The molecule has 0 radical (unpaired) electrons. The predicted molar refractivity (Wildman–Crippen MR) is 88.3 cm³/mol. The molecule has 2 N–H and O–H groups in total. The maximum Gasteiger partial charge on any atom is 0.252 e. The van der Waals surface area contributed by atoms with E-state index < -0.39 is 6.10 Å². The third-order valence-electron chi connectivity index (χ3n) is 4.76. The molecule has 6 heteroatoms. The smallest absolute Gasteiger partial charge is 0.252 e. The van der Waals surface area contributed by atoms with Crippen LogP contribution in [0.3, 0.4) is 0 Å². The van der Waals surface area contributed by atoms with Crippen LogP contribution in [-0.4, -0.2) is 38.4 Å². The summed E-state index contributed by atoms with van der Waals surface area (Å²) in [7, 11) is 1.83. The number of amides is 1. The molecule has 0 spiro atoms. The first-order valence-electron chi connectivity index (χ1n) is 8.24. The second-order valence-electron chi connectivity index (χ2n) is 6.54. The van der Waals surface area contributed by atoms with Crippen LogP contribution in [0.25, 0.3) is 11.0 Å². The zero-order chi connectivity index (χ0) is 16.6. The number of rotatable bonds is 4. The lowest BCUT2D eigenvalue weighted by Crippen LogP contribution is -2.35. The summed E-state index contributed by atoms with van der Waals surface area (Å²) in [4.78, 5) is 17.1. The summed E-state index contributed by atoms with van der Waals surface area (Å²) in [5.41, 5.74) is 2.86. The number of aryl methyl sites for hydroxylation is 3. The van der Waals surface area contributed by atoms with Gasteiger partial charge in [-0.3, -0.25) is 9.48 Å². The number of aromatic nitrogens is 3. The number of aliphatic hydroxyl groups is 1. The van der Waals surface area contributed by atoms with E-state index >= 15 is 0 Å². The van der Waals surface area contributed by atoms with Crippen molar-refractivity contribution in [1.29, 1.82) is 0 Å². The van der Waals surface area contributed by atoms with Gasteiger partial charge in [-0.1, -0.05) is 12.8 Å². The lowest BCUT2D eigenvalue weighted by atomic mass is 10.0. The molecule has 2 aromatic rings. The molecule has 3 rings (SSSR count). The Morgan fingerprint density at radius 3 is 2.83 bits per heavy atom. The molecule has 0 aromatic carbocycles. The highest BCUT2D eigenvalue weighted by Gasteiger charge is 2.24. The zero-order valence-corrected chi connectivity index (χ0v) is 14.0. The van der Waals surface area contributed by atoms with Gasteiger partial charge in [0.1, 0.15) is 0 Å². The van der Waals surface area contributed by atoms with Gasteiger partial charge in [-0.25, -0.2) is 4.98 Å². The minimum absolute atomic E-state index is 0.173. The van der Waals surface area contributed by atoms with Crippen molar-refractivity contribution >= 4 is 16.9 Å². The molecule has 1 fully saturated rings. The van der Waals surface area contributed by atoms with Crippen LogP contribution in [0.4, 0.5) is 0 Å². The Kier molecular flexibility index (Phi) is 4.35. The molecule has 1 saturated carbocycles. The Morgan fingerprint density at radius 1 is 1.43 bits per heavy atom. The van der Waals surface area contributed by atoms with Crippen molar-refractivity contribution in [3.05, 3.63) is 23.0 Å². The molecule has 1 unspecified atom stereocenters. The van der Waals surface area contributed by atoms with E-state index in [1.807, 2.05) is 20.9 Å². The van der Waals surface area contributed by atoms with Gasteiger partial charge in [0.2, 0.25) is 0 Å². The molecule has 1 aliphatic carbocycles. The molecule has 1 atom stereocenters. The average molecular weight is 316 g/mol. The zero-order valence-electron chi connectivity index (χ0n) is 14.0. The molecule has 2 heterocycles. The van der Waals surface area contributed by atoms with Gasteiger partial charge in [0, 0.05) is 19.3 Å². The Balaban J connectivity index is 1.80. The maximum atomic E-state index is 12.6. The van der Waals surface area contributed by atoms with Gasteiger partial charge in [0.25, 0.3) is 5.91 Å². The van der Waals surface area contributed by atoms with E-state index in [4.69, 9.17) is 0 Å². The molecule has 0 bridgehead atoms. The van der Waals surface area contributed by atoms with Gasteiger partial charge >= 0.3 is 0 Å². The van der Waals surface area contributed by atoms with Crippen LogP contribution >= 0.6 is 0 Å². The van der Waals surface area contributed by atoms with Gasteiger partial charge in [0.15, 0.2) is 5.65 Å². The molecule has 124 valence electrons. The van der Waals surface area contributed by atoms with Crippen LogP contribution in [0.15, 0.2) is 6.07 Å². The lowest BCUT2D eigenvalue weighted by Gasteiger charge is -2.18. The molecule has 1 amide bonds. The number of nitrogens with one attached hydrogen (secondary N) is 1. The van der Waals surface area contributed by atoms with Crippen molar-refractivity contribution in [1.82, 2.24) is 20.1 Å². The standard InChI is InChI=1S/C17H24N4O2/c1-10-8-13(15-11(2)20-21(3)16(15)19-10)17(23)18-9-14(22)12-6-4-5-7-12/h8,12,14,22H,4-7,9H2,1-3H3,(H,18,23). The number of nitrogens with zero attached hydrogens (tertiary/aromatic N) is 3. The molecule has 0 aliphatic heterocycles. The molecule has 1 aliphatic rings. The molecule has 2 aromatic heterocycles. The van der Waals surface area contributed by atoms with Gasteiger partial charge in [0.05, 0.1) is 22.7 Å². The Hall–Kier alpha value is -1.95. The summed E-state index contributed by atoms with van der Waals surface area (Å²) in [5.74, 6) is 0.142. The highest BCUT2D eigenvalue weighted by atomic mass is 16.3. The van der Waals surface area contributed by atoms with Crippen LogP contribution in [0.2, 0.25) is 0 Å². The van der Waals surface area contributed by atoms with Crippen molar-refractivity contribution in [2.45, 2.75) is 45.6 Å². The summed E-state index contributed by atoms with van der Waals surface area (Å²) >= 11 is 0. The third kappa shape index (κ3) is 3.08. The fourth-order valence-electron chi connectivity index (χ4n) is 3.55. The number of hydrogen-bond donors (Lipinski definition) is 2. The van der Waals surface area contributed by atoms with Gasteiger partial charge in [-0.15, -0.1) is 0 Å². The van der Waals surface area contributed by atoms with Crippen molar-refractivity contribution in [3.8, 4) is 0 Å². The minimum Gasteiger partial charge on any atom is -0.391 e. The highest BCUT2D eigenvalue weighted by molar-refractivity contribution is 6.06. The SMILES string of the molecule is Cc1cc(C(=O)NCC(O)C2CCCC2)c2c(C)nn(C)c2n1. The van der Waals surface area contributed by atoms with E-state index in [1.165, 1.54) is 12.8 Å². The topological polar surface area (TPSA) is 80.0 Å². The Bertz CT molecular complexity index is 732. The van der Waals surface area contributed by atoms with E-state index in [0.717, 1.165) is 29.6 Å². The summed E-state index contributed by atoms with van der Waals surface area (Å²) in [6, 6.07) is 1.79. The fraction of sp³-hybridized carbons (Fsp3) is 0.588. The van der Waals surface area contributed by atoms with Crippen molar-refractivity contribution < 1.29 is 9.90 Å². The normalized spacial score (nSPS) is 16.9. The number of fused-ring (bicyclic) bond motifs is 1. The average Bonchev–Trinajstić information content (AvgIpc) is 3.13. The lowest BCUT2D eigenvalue weighted by molar-refractivity contribution is 0.0842. The molecule has 23 heavy (non-hydrogen) atoms. The number of aliphatic hydroxyl groups excluding tert-OH is 1. The number of carbonyl (C=O) groups excluding carboxylic acids is 1. The van der Waals surface area contributed by atoms with Crippen LogP contribution in [-0.2, 0) is 7.05 Å². The maximum absolute atomic E-state index is 12.6. The number of hydrogen-bond acceptors (Lipinski definition) is 4. The fourth-order valence-corrected chi connectivity index (χ4v) is 3.55. The van der Waals surface area contributed by atoms with Gasteiger partial charge in [-0.05, 0) is 38.7 Å². The van der Waals surface area contributed by atoms with Crippen LogP contribution < -0.4 is 5.32 Å². The number of carbonyl (C=O) groups is 1. The van der Waals surface area contributed by atoms with Crippen molar-refractivity contribution in [2.24, 2.45) is 13.0 Å². The number of pyridine rings is 1. The quantitative estimate of drug-likeness (QED) is 0.902. The van der Waals surface area contributed by atoms with E-state index in [9.17, 15) is 9.90 Å². The van der Waals surface area contributed by atoms with E-state index in [-0.39, 0.29) is 5.91 Å². The molecule has 0 saturated heterocycles. The van der Waals surface area contributed by atoms with Crippen LogP contribution in [0.5, 0.6) is 0 Å². The first-order chi connectivity index (χ1) is 11.0. The molecular formula is C17H24N4O2. The van der Waals surface area contributed by atoms with Gasteiger partial charge < -0.3 is 10.4 Å². The van der Waals surface area contributed by atoms with Gasteiger partial charge in [-0.2, -0.15) is 5.10 Å². The summed E-state index contributed by atoms with van der Waals surface area (Å²) < 4.78 is 1.70. The first kappa shape index (κ1) is 15.9. The Labute approximate surface area is 135 Å². The van der Waals surface area contributed by atoms with E-state index in [2.05, 4.69) is 15.4 Å². The third-order valence-corrected chi connectivity index (χ3v) is 4.76.